The molecule has 0 saturated heterocycles. The molecule has 1 fully saturated rings. The third-order valence-electron chi connectivity index (χ3n) is 5.54. The zero-order valence-corrected chi connectivity index (χ0v) is 17.3. The maximum atomic E-state index is 13.2. The van der Waals surface area contributed by atoms with Gasteiger partial charge in [-0.3, -0.25) is 13.9 Å². The summed E-state index contributed by atoms with van der Waals surface area (Å²) in [6, 6.07) is 6.29. The summed E-state index contributed by atoms with van der Waals surface area (Å²) in [4.78, 5) is 34.8. The van der Waals surface area contributed by atoms with E-state index >= 15 is 0 Å². The fraction of sp³-hybridized carbons (Fsp3) is 0.429. The first-order chi connectivity index (χ1) is 14.0. The van der Waals surface area contributed by atoms with Crippen LogP contribution < -0.4 is 11.2 Å². The SMILES string of the molecule is Cn1c(=O)c2c(SCc3ccc(F)cc3)nc(C3CCCCC3)nc2n(C)c1=O. The number of aromatic nitrogens is 4. The van der Waals surface area contributed by atoms with E-state index in [2.05, 4.69) is 4.98 Å². The second-order valence-corrected chi connectivity index (χ2v) is 8.51. The molecule has 2 heterocycles. The van der Waals surface area contributed by atoms with Crippen molar-refractivity contribution >= 4 is 22.8 Å². The molecule has 0 atom stereocenters. The minimum Gasteiger partial charge on any atom is -0.280 e. The highest BCUT2D eigenvalue weighted by Crippen LogP contribution is 2.33. The number of rotatable bonds is 4. The Balaban J connectivity index is 1.83. The molecule has 0 spiro atoms. The van der Waals surface area contributed by atoms with Gasteiger partial charge in [0.15, 0.2) is 5.65 Å². The van der Waals surface area contributed by atoms with Gasteiger partial charge in [-0.15, -0.1) is 11.8 Å². The number of hydrogen-bond donors (Lipinski definition) is 0. The molecule has 4 rings (SSSR count). The van der Waals surface area contributed by atoms with Crippen molar-refractivity contribution in [3.05, 3.63) is 62.3 Å². The van der Waals surface area contributed by atoms with Crippen LogP contribution in [0.3, 0.4) is 0 Å². The Morgan fingerprint density at radius 3 is 2.41 bits per heavy atom. The molecular weight excluding hydrogens is 391 g/mol. The van der Waals surface area contributed by atoms with Crippen molar-refractivity contribution in [3.8, 4) is 0 Å². The van der Waals surface area contributed by atoms with Crippen molar-refractivity contribution in [3.63, 3.8) is 0 Å². The number of aryl methyl sites for hydroxylation is 1. The van der Waals surface area contributed by atoms with Gasteiger partial charge in [0.1, 0.15) is 22.1 Å². The van der Waals surface area contributed by atoms with Crippen molar-refractivity contribution in [1.29, 1.82) is 0 Å². The van der Waals surface area contributed by atoms with Gasteiger partial charge in [0.05, 0.1) is 0 Å². The number of fused-ring (bicyclic) bond motifs is 1. The van der Waals surface area contributed by atoms with Crippen LogP contribution in [0, 0.1) is 5.82 Å². The summed E-state index contributed by atoms with van der Waals surface area (Å²) in [6.45, 7) is 0. The summed E-state index contributed by atoms with van der Waals surface area (Å²) in [6.07, 6.45) is 5.53. The van der Waals surface area contributed by atoms with Gasteiger partial charge < -0.3 is 0 Å². The lowest BCUT2D eigenvalue weighted by molar-refractivity contribution is 0.427. The van der Waals surface area contributed by atoms with Gasteiger partial charge in [-0.2, -0.15) is 0 Å². The van der Waals surface area contributed by atoms with E-state index in [1.807, 2.05) is 0 Å². The van der Waals surface area contributed by atoms with Crippen LogP contribution in [0.2, 0.25) is 0 Å². The molecule has 0 bridgehead atoms. The quantitative estimate of drug-likeness (QED) is 0.483. The normalized spacial score (nSPS) is 15.1. The first-order valence-corrected chi connectivity index (χ1v) is 10.8. The smallest absolute Gasteiger partial charge is 0.280 e. The van der Waals surface area contributed by atoms with E-state index in [4.69, 9.17) is 4.98 Å². The third-order valence-corrected chi connectivity index (χ3v) is 6.59. The van der Waals surface area contributed by atoms with Crippen molar-refractivity contribution in [2.75, 3.05) is 0 Å². The number of hydrogen-bond acceptors (Lipinski definition) is 5. The van der Waals surface area contributed by atoms with E-state index in [-0.39, 0.29) is 17.3 Å². The van der Waals surface area contributed by atoms with Crippen LogP contribution in [0.15, 0.2) is 38.9 Å². The van der Waals surface area contributed by atoms with Crippen LogP contribution in [0.5, 0.6) is 0 Å². The summed E-state index contributed by atoms with van der Waals surface area (Å²) < 4.78 is 15.7. The van der Waals surface area contributed by atoms with Crippen molar-refractivity contribution in [2.45, 2.75) is 48.8 Å². The topological polar surface area (TPSA) is 69.8 Å². The molecule has 3 aromatic rings. The number of halogens is 1. The molecule has 1 aromatic carbocycles. The maximum absolute atomic E-state index is 13.2. The molecule has 0 N–H and O–H groups in total. The highest BCUT2D eigenvalue weighted by atomic mass is 32.2. The van der Waals surface area contributed by atoms with E-state index in [9.17, 15) is 14.0 Å². The first kappa shape index (κ1) is 19.8. The van der Waals surface area contributed by atoms with E-state index in [1.165, 1.54) is 41.9 Å². The average molecular weight is 415 g/mol. The van der Waals surface area contributed by atoms with Crippen LogP contribution >= 0.6 is 11.8 Å². The Morgan fingerprint density at radius 1 is 1.03 bits per heavy atom. The Morgan fingerprint density at radius 2 is 1.72 bits per heavy atom. The Kier molecular flexibility index (Phi) is 5.54. The minimum atomic E-state index is -0.398. The van der Waals surface area contributed by atoms with E-state index < -0.39 is 5.69 Å². The van der Waals surface area contributed by atoms with Crippen LogP contribution in [-0.4, -0.2) is 19.1 Å². The lowest BCUT2D eigenvalue weighted by Crippen LogP contribution is -2.38. The van der Waals surface area contributed by atoms with Crippen LogP contribution in [0.4, 0.5) is 4.39 Å². The van der Waals surface area contributed by atoms with Gasteiger partial charge in [-0.1, -0.05) is 31.4 Å². The molecular formula is C21H23FN4O2S. The molecule has 1 aliphatic carbocycles. The standard InChI is InChI=1S/C21H23FN4O2S/c1-25-18-16(20(27)26(2)21(25)28)19(29-12-13-8-10-15(22)11-9-13)24-17(23-18)14-6-4-3-5-7-14/h8-11,14H,3-7,12H2,1-2H3. The molecule has 0 radical (unpaired) electrons. The molecule has 0 amide bonds. The van der Waals surface area contributed by atoms with E-state index in [0.29, 0.717) is 27.6 Å². The van der Waals surface area contributed by atoms with Gasteiger partial charge in [-0.25, -0.2) is 19.2 Å². The van der Waals surface area contributed by atoms with Crippen LogP contribution in [0.25, 0.3) is 11.0 Å². The average Bonchev–Trinajstić information content (AvgIpc) is 2.75. The molecule has 1 aliphatic rings. The zero-order chi connectivity index (χ0) is 20.5. The largest absolute Gasteiger partial charge is 0.332 e. The van der Waals surface area contributed by atoms with Crippen molar-refractivity contribution < 1.29 is 4.39 Å². The number of thioether (sulfide) groups is 1. The van der Waals surface area contributed by atoms with Gasteiger partial charge in [0.25, 0.3) is 5.56 Å². The van der Waals surface area contributed by atoms with Crippen molar-refractivity contribution in [2.24, 2.45) is 14.1 Å². The van der Waals surface area contributed by atoms with E-state index in [0.717, 1.165) is 35.8 Å². The molecule has 29 heavy (non-hydrogen) atoms. The van der Waals surface area contributed by atoms with Gasteiger partial charge in [0.2, 0.25) is 0 Å². The molecule has 6 nitrogen and oxygen atoms in total. The van der Waals surface area contributed by atoms with E-state index in [1.54, 1.807) is 19.2 Å². The number of nitrogens with zero attached hydrogens (tertiary/aromatic N) is 4. The number of benzene rings is 1. The molecule has 152 valence electrons. The fourth-order valence-corrected chi connectivity index (χ4v) is 4.80. The second kappa shape index (κ2) is 8.10. The van der Waals surface area contributed by atoms with Crippen LogP contribution in [-0.2, 0) is 19.8 Å². The summed E-state index contributed by atoms with van der Waals surface area (Å²) in [5.74, 6) is 1.22. The first-order valence-electron chi connectivity index (χ1n) is 9.80. The maximum Gasteiger partial charge on any atom is 0.332 e. The molecule has 1 saturated carbocycles. The minimum absolute atomic E-state index is 0.248. The summed E-state index contributed by atoms with van der Waals surface area (Å²) in [5, 5.41) is 0.942. The molecule has 8 heteroatoms. The summed E-state index contributed by atoms with van der Waals surface area (Å²) in [7, 11) is 3.10. The monoisotopic (exact) mass is 414 g/mol. The summed E-state index contributed by atoms with van der Waals surface area (Å²) >= 11 is 1.42. The highest BCUT2D eigenvalue weighted by Gasteiger charge is 2.23. The lowest BCUT2D eigenvalue weighted by Gasteiger charge is -2.21. The Hall–Kier alpha value is -2.48. The van der Waals surface area contributed by atoms with Gasteiger partial charge in [-0.05, 0) is 30.5 Å². The van der Waals surface area contributed by atoms with Crippen molar-refractivity contribution in [1.82, 2.24) is 19.1 Å². The highest BCUT2D eigenvalue weighted by molar-refractivity contribution is 7.98. The zero-order valence-electron chi connectivity index (χ0n) is 16.5. The molecule has 0 aliphatic heterocycles. The molecule has 0 unspecified atom stereocenters. The van der Waals surface area contributed by atoms with Crippen LogP contribution in [0.1, 0.15) is 49.4 Å². The molecule has 2 aromatic heterocycles. The van der Waals surface area contributed by atoms with Gasteiger partial charge >= 0.3 is 5.69 Å². The predicted octanol–water partition coefficient (Wildman–Crippen LogP) is 3.51. The van der Waals surface area contributed by atoms with Gasteiger partial charge in [0, 0.05) is 25.8 Å². The predicted molar refractivity (Wildman–Crippen MR) is 112 cm³/mol. The Labute approximate surface area is 171 Å². The second-order valence-electron chi connectivity index (χ2n) is 7.54. The third kappa shape index (κ3) is 3.85. The lowest BCUT2D eigenvalue weighted by atomic mass is 9.89. The summed E-state index contributed by atoms with van der Waals surface area (Å²) in [5.41, 5.74) is 0.532. The Bertz CT molecular complexity index is 1160. The fourth-order valence-electron chi connectivity index (χ4n) is 3.83.